The van der Waals surface area contributed by atoms with Gasteiger partial charge in [0.05, 0.1) is 27.2 Å². The summed E-state index contributed by atoms with van der Waals surface area (Å²) in [5.41, 5.74) is -0.114. The van der Waals surface area contributed by atoms with Crippen molar-refractivity contribution in [1.82, 2.24) is 4.90 Å². The third-order valence-electron chi connectivity index (χ3n) is 2.41. The van der Waals surface area contributed by atoms with Crippen molar-refractivity contribution in [2.24, 2.45) is 0 Å². The fraction of sp³-hybridized carbons (Fsp3) is 0.917. The number of ether oxygens (including phenoxy) is 1. The highest BCUT2D eigenvalue weighted by Crippen LogP contribution is 2.14. The zero-order valence-corrected chi connectivity index (χ0v) is 10.8. The lowest BCUT2D eigenvalue weighted by atomic mass is 10.1. The summed E-state index contributed by atoms with van der Waals surface area (Å²) in [6, 6.07) is 1.02. The highest BCUT2D eigenvalue weighted by Gasteiger charge is 2.28. The van der Waals surface area contributed by atoms with Crippen molar-refractivity contribution < 1.29 is 9.31 Å². The molecule has 0 N–H and O–H groups in total. The van der Waals surface area contributed by atoms with E-state index in [0.29, 0.717) is 0 Å². The van der Waals surface area contributed by atoms with Crippen LogP contribution in [0.25, 0.3) is 0 Å². The summed E-state index contributed by atoms with van der Waals surface area (Å²) in [6.45, 7) is 8.55. The van der Waals surface area contributed by atoms with Crippen LogP contribution in [-0.2, 0) is 4.74 Å². The van der Waals surface area contributed by atoms with Gasteiger partial charge in [-0.15, -0.1) is 0 Å². The van der Waals surface area contributed by atoms with Gasteiger partial charge in [0.2, 0.25) is 0 Å². The van der Waals surface area contributed by atoms with Gasteiger partial charge in [0, 0.05) is 0 Å². The van der Waals surface area contributed by atoms with Crippen LogP contribution in [0.5, 0.6) is 0 Å². The number of amidine groups is 1. The van der Waals surface area contributed by atoms with E-state index in [1.165, 1.54) is 19.3 Å². The molecule has 0 spiro atoms. The number of hydrogen-bond donors (Lipinski definition) is 0. The number of nitrogens with zero attached hydrogens (tertiary/aromatic N) is 2. The van der Waals surface area contributed by atoms with Crippen LogP contribution in [0, 0.1) is 0 Å². The van der Waals surface area contributed by atoms with Crippen molar-refractivity contribution in [3.8, 4) is 0 Å². The molecule has 0 aliphatic carbocycles. The molecule has 0 bridgehead atoms. The number of likely N-dealkylation sites (tertiary alicyclic amines) is 1. The highest BCUT2D eigenvalue weighted by molar-refractivity contribution is 5.69. The van der Waals surface area contributed by atoms with Gasteiger partial charge in [0.25, 0.3) is 0 Å². The molecular formula is C12H25N2O+. The summed E-state index contributed by atoms with van der Waals surface area (Å²) in [4.78, 5) is 2.36. The molecule has 1 saturated heterocycles. The van der Waals surface area contributed by atoms with E-state index in [4.69, 9.17) is 4.74 Å². The van der Waals surface area contributed by atoms with Gasteiger partial charge in [-0.3, -0.25) is 0 Å². The van der Waals surface area contributed by atoms with E-state index in [-0.39, 0.29) is 5.60 Å². The van der Waals surface area contributed by atoms with Gasteiger partial charge >= 0.3 is 6.02 Å². The lowest BCUT2D eigenvalue weighted by Crippen LogP contribution is -2.44. The summed E-state index contributed by atoms with van der Waals surface area (Å²) in [6.07, 6.45) is 3.92. The van der Waals surface area contributed by atoms with Crippen LogP contribution in [-0.4, -0.2) is 48.3 Å². The minimum atomic E-state index is -0.114. The normalized spacial score (nSPS) is 17.5. The maximum atomic E-state index is 6.01. The van der Waals surface area contributed by atoms with Gasteiger partial charge in [-0.2, -0.15) is 0 Å². The van der Waals surface area contributed by atoms with E-state index in [1.54, 1.807) is 0 Å². The molecule has 3 nitrogen and oxygen atoms in total. The molecule has 0 amide bonds. The van der Waals surface area contributed by atoms with Crippen molar-refractivity contribution in [1.29, 1.82) is 0 Å². The first kappa shape index (κ1) is 12.3. The minimum Gasteiger partial charge on any atom is -0.426 e. The summed E-state index contributed by atoms with van der Waals surface area (Å²) < 4.78 is 8.09. The Morgan fingerprint density at radius 1 is 1.07 bits per heavy atom. The van der Waals surface area contributed by atoms with Crippen molar-refractivity contribution in [3.63, 3.8) is 0 Å². The van der Waals surface area contributed by atoms with Crippen LogP contribution >= 0.6 is 0 Å². The molecule has 0 aromatic heterocycles. The molecule has 1 fully saturated rings. The monoisotopic (exact) mass is 213 g/mol. The maximum absolute atomic E-state index is 6.01. The molecular weight excluding hydrogens is 188 g/mol. The van der Waals surface area contributed by atoms with E-state index in [1.807, 2.05) is 0 Å². The highest BCUT2D eigenvalue weighted by atomic mass is 16.5. The summed E-state index contributed by atoms with van der Waals surface area (Å²) in [7, 11) is 4.10. The van der Waals surface area contributed by atoms with E-state index >= 15 is 0 Å². The Balaban J connectivity index is 2.70. The average Bonchev–Trinajstić information content (AvgIpc) is 2.14. The maximum Gasteiger partial charge on any atom is 0.446 e. The van der Waals surface area contributed by atoms with Gasteiger partial charge in [0.1, 0.15) is 5.60 Å². The lowest BCUT2D eigenvalue weighted by Gasteiger charge is -2.28. The summed E-state index contributed by atoms with van der Waals surface area (Å²) in [5.74, 6) is 0. The second kappa shape index (κ2) is 4.86. The fourth-order valence-corrected chi connectivity index (χ4v) is 1.80. The number of piperidine rings is 1. The van der Waals surface area contributed by atoms with Gasteiger partial charge < -0.3 is 4.74 Å². The van der Waals surface area contributed by atoms with Gasteiger partial charge in [-0.05, 0) is 40.0 Å². The first-order valence-electron chi connectivity index (χ1n) is 5.88. The Hall–Kier alpha value is -0.730. The van der Waals surface area contributed by atoms with Crippen LogP contribution in [0.3, 0.4) is 0 Å². The number of hydrogen-bond acceptors (Lipinski definition) is 1. The zero-order chi connectivity index (χ0) is 11.5. The van der Waals surface area contributed by atoms with Crippen LogP contribution in [0.1, 0.15) is 40.0 Å². The minimum absolute atomic E-state index is 0.114. The van der Waals surface area contributed by atoms with Crippen molar-refractivity contribution in [2.75, 3.05) is 27.2 Å². The van der Waals surface area contributed by atoms with Gasteiger partial charge in [-0.1, -0.05) is 0 Å². The van der Waals surface area contributed by atoms with Crippen LogP contribution < -0.4 is 0 Å². The van der Waals surface area contributed by atoms with Gasteiger partial charge in [0.15, 0.2) is 0 Å². The third kappa shape index (κ3) is 4.10. The Bertz CT molecular complexity index is 230. The topological polar surface area (TPSA) is 15.5 Å². The molecule has 1 aliphatic heterocycles. The zero-order valence-electron chi connectivity index (χ0n) is 10.8. The van der Waals surface area contributed by atoms with Crippen LogP contribution in [0.2, 0.25) is 0 Å². The molecule has 3 heteroatoms. The fourth-order valence-electron chi connectivity index (χ4n) is 1.80. The molecule has 0 radical (unpaired) electrons. The quantitative estimate of drug-likeness (QED) is 0.347. The third-order valence-corrected chi connectivity index (χ3v) is 2.41. The number of rotatable bonds is 0. The Labute approximate surface area is 93.7 Å². The van der Waals surface area contributed by atoms with Crippen molar-refractivity contribution in [2.45, 2.75) is 45.6 Å². The van der Waals surface area contributed by atoms with Crippen LogP contribution in [0.15, 0.2) is 0 Å². The predicted molar refractivity (Wildman–Crippen MR) is 63.4 cm³/mol. The van der Waals surface area contributed by atoms with Crippen molar-refractivity contribution in [3.05, 3.63) is 0 Å². The standard InChI is InChI=1S/C12H25N2O/c1-12(2,3)15-11(13(4)5)14-9-7-6-8-10-14/h6-10H2,1-5H3/q+1. The van der Waals surface area contributed by atoms with E-state index in [2.05, 4.69) is 44.3 Å². The first-order chi connectivity index (χ1) is 6.90. The Morgan fingerprint density at radius 3 is 2.00 bits per heavy atom. The molecule has 0 atom stereocenters. The SMILES string of the molecule is C[N+](C)=C(OC(C)(C)C)N1CCCCC1. The molecule has 88 valence electrons. The van der Waals surface area contributed by atoms with Crippen molar-refractivity contribution >= 4 is 6.02 Å². The van der Waals surface area contributed by atoms with Crippen LogP contribution in [0.4, 0.5) is 0 Å². The molecule has 0 aromatic carbocycles. The largest absolute Gasteiger partial charge is 0.446 e. The average molecular weight is 213 g/mol. The summed E-state index contributed by atoms with van der Waals surface area (Å²) in [5, 5.41) is 0. The molecule has 0 saturated carbocycles. The van der Waals surface area contributed by atoms with E-state index < -0.39 is 0 Å². The molecule has 1 rings (SSSR count). The van der Waals surface area contributed by atoms with E-state index in [9.17, 15) is 0 Å². The summed E-state index contributed by atoms with van der Waals surface area (Å²) >= 11 is 0. The molecule has 15 heavy (non-hydrogen) atoms. The first-order valence-corrected chi connectivity index (χ1v) is 5.88. The molecule has 1 aliphatic rings. The second-order valence-electron chi connectivity index (χ2n) is 5.44. The lowest BCUT2D eigenvalue weighted by molar-refractivity contribution is -0.483. The molecule has 0 unspecified atom stereocenters. The smallest absolute Gasteiger partial charge is 0.426 e. The second-order valence-corrected chi connectivity index (χ2v) is 5.44. The molecule has 0 aromatic rings. The molecule has 1 heterocycles. The Kier molecular flexibility index (Phi) is 4.00. The van der Waals surface area contributed by atoms with Gasteiger partial charge in [-0.25, -0.2) is 9.48 Å². The Morgan fingerprint density at radius 2 is 1.60 bits per heavy atom. The van der Waals surface area contributed by atoms with E-state index in [0.717, 1.165) is 19.1 Å². The predicted octanol–water partition coefficient (Wildman–Crippen LogP) is 1.92.